The summed E-state index contributed by atoms with van der Waals surface area (Å²) < 4.78 is 5.02. The van der Waals surface area contributed by atoms with Crippen LogP contribution in [0.4, 0.5) is 5.69 Å². The monoisotopic (exact) mass is 367 g/mol. The van der Waals surface area contributed by atoms with Gasteiger partial charge in [0.2, 0.25) is 0 Å². The van der Waals surface area contributed by atoms with E-state index < -0.39 is 17.9 Å². The first-order valence-electron chi connectivity index (χ1n) is 7.00. The van der Waals surface area contributed by atoms with Crippen molar-refractivity contribution >= 4 is 40.8 Å². The average molecular weight is 368 g/mol. The number of nitrogens with zero attached hydrogens (tertiary/aromatic N) is 1. The normalized spacial score (nSPS) is 11.7. The highest BCUT2D eigenvalue weighted by atomic mass is 35.5. The van der Waals surface area contributed by atoms with Crippen LogP contribution in [0.5, 0.6) is 0 Å². The van der Waals surface area contributed by atoms with Crippen LogP contribution >= 0.6 is 23.2 Å². The minimum Gasteiger partial charge on any atom is -0.460 e. The molecule has 1 aromatic carbocycles. The molecule has 0 aliphatic carbocycles. The maximum Gasteiger partial charge on any atom is 0.322 e. The number of pyridine rings is 1. The Kier molecular flexibility index (Phi) is 6.14. The number of nitrogens with two attached hydrogens (primary N) is 1. The Balaban J connectivity index is 2.01. The third-order valence-electron chi connectivity index (χ3n) is 3.05. The van der Waals surface area contributed by atoms with Crippen molar-refractivity contribution < 1.29 is 14.3 Å². The number of esters is 1. The van der Waals surface area contributed by atoms with E-state index in [4.69, 9.17) is 33.7 Å². The van der Waals surface area contributed by atoms with E-state index in [9.17, 15) is 9.59 Å². The van der Waals surface area contributed by atoms with Gasteiger partial charge in [0.1, 0.15) is 12.6 Å². The van der Waals surface area contributed by atoms with Gasteiger partial charge in [0, 0.05) is 18.1 Å². The number of benzene rings is 1. The molecular weight excluding hydrogens is 353 g/mol. The minimum absolute atomic E-state index is 0.108. The molecule has 0 spiro atoms. The number of carbonyl (C=O) groups excluding carboxylic acids is 2. The number of amides is 1. The number of rotatable bonds is 5. The zero-order valence-corrected chi connectivity index (χ0v) is 14.3. The maximum absolute atomic E-state index is 12.2. The second kappa shape index (κ2) is 8.10. The molecule has 2 aromatic rings. The number of anilines is 1. The molecule has 0 aliphatic heterocycles. The molecule has 0 saturated heterocycles. The summed E-state index contributed by atoms with van der Waals surface area (Å²) in [6, 6.07) is 6.13. The van der Waals surface area contributed by atoms with E-state index in [2.05, 4.69) is 10.3 Å². The Morgan fingerprint density at radius 2 is 1.79 bits per heavy atom. The van der Waals surface area contributed by atoms with Gasteiger partial charge in [-0.2, -0.15) is 0 Å². The highest BCUT2D eigenvalue weighted by molar-refractivity contribution is 6.40. The smallest absolute Gasteiger partial charge is 0.322 e. The van der Waals surface area contributed by atoms with E-state index >= 15 is 0 Å². The molecule has 0 saturated carbocycles. The number of halogens is 2. The average Bonchev–Trinajstić information content (AvgIpc) is 2.53. The van der Waals surface area contributed by atoms with Crippen molar-refractivity contribution in [2.24, 2.45) is 5.73 Å². The van der Waals surface area contributed by atoms with Crippen molar-refractivity contribution in [2.45, 2.75) is 19.6 Å². The van der Waals surface area contributed by atoms with Crippen LogP contribution in [0, 0.1) is 0 Å². The lowest BCUT2D eigenvalue weighted by Crippen LogP contribution is -2.28. The minimum atomic E-state index is -0.668. The summed E-state index contributed by atoms with van der Waals surface area (Å²) in [5, 5.41) is 3.02. The largest absolute Gasteiger partial charge is 0.460 e. The van der Waals surface area contributed by atoms with Gasteiger partial charge in [0.15, 0.2) is 0 Å². The standard InChI is InChI=1S/C16H15Cl2N3O3/c1-9(19)16(23)24-8-10-2-4-11(5-3-10)21-15(22)14-12(17)6-20-7-13(14)18/h2-7,9H,8,19H2,1H3,(H,21,22)/t9-/m0/s1. The van der Waals surface area contributed by atoms with Crippen LogP contribution < -0.4 is 11.1 Å². The van der Waals surface area contributed by atoms with Crippen LogP contribution in [0.25, 0.3) is 0 Å². The predicted molar refractivity (Wildman–Crippen MR) is 92.1 cm³/mol. The van der Waals surface area contributed by atoms with E-state index in [-0.39, 0.29) is 22.2 Å². The molecule has 1 amide bonds. The van der Waals surface area contributed by atoms with Crippen molar-refractivity contribution in [1.82, 2.24) is 4.98 Å². The molecule has 126 valence electrons. The first-order valence-corrected chi connectivity index (χ1v) is 7.75. The van der Waals surface area contributed by atoms with Crippen molar-refractivity contribution in [3.8, 4) is 0 Å². The van der Waals surface area contributed by atoms with Crippen LogP contribution in [0.15, 0.2) is 36.7 Å². The van der Waals surface area contributed by atoms with Crippen molar-refractivity contribution in [2.75, 3.05) is 5.32 Å². The SMILES string of the molecule is C[C@H](N)C(=O)OCc1ccc(NC(=O)c2c(Cl)cncc2Cl)cc1. The number of hydrogen-bond acceptors (Lipinski definition) is 5. The number of aromatic nitrogens is 1. The highest BCUT2D eigenvalue weighted by Gasteiger charge is 2.15. The summed E-state index contributed by atoms with van der Waals surface area (Å²) in [5.41, 5.74) is 6.88. The van der Waals surface area contributed by atoms with Gasteiger partial charge in [-0.05, 0) is 24.6 Å². The molecule has 2 rings (SSSR count). The lowest BCUT2D eigenvalue weighted by Gasteiger charge is -2.10. The van der Waals surface area contributed by atoms with Gasteiger partial charge in [0.25, 0.3) is 5.91 Å². The van der Waals surface area contributed by atoms with Gasteiger partial charge >= 0.3 is 5.97 Å². The van der Waals surface area contributed by atoms with E-state index in [0.29, 0.717) is 5.69 Å². The lowest BCUT2D eigenvalue weighted by molar-refractivity contribution is -0.146. The van der Waals surface area contributed by atoms with E-state index in [1.54, 1.807) is 31.2 Å². The Bertz CT molecular complexity index is 728. The van der Waals surface area contributed by atoms with Crippen molar-refractivity contribution in [3.63, 3.8) is 0 Å². The number of hydrogen-bond donors (Lipinski definition) is 2. The second-order valence-electron chi connectivity index (χ2n) is 5.03. The molecule has 6 nitrogen and oxygen atoms in total. The molecule has 24 heavy (non-hydrogen) atoms. The van der Waals surface area contributed by atoms with Crippen LogP contribution in [0.2, 0.25) is 10.0 Å². The summed E-state index contributed by atoms with van der Waals surface area (Å²) in [5.74, 6) is -0.919. The number of nitrogens with one attached hydrogen (secondary N) is 1. The molecule has 8 heteroatoms. The van der Waals surface area contributed by atoms with Crippen molar-refractivity contribution in [3.05, 3.63) is 57.8 Å². The molecule has 0 aliphatic rings. The van der Waals surface area contributed by atoms with Crippen molar-refractivity contribution in [1.29, 1.82) is 0 Å². The molecule has 0 radical (unpaired) electrons. The van der Waals surface area contributed by atoms with Crippen LogP contribution in [-0.4, -0.2) is 22.9 Å². The Hall–Kier alpha value is -2.15. The zero-order chi connectivity index (χ0) is 17.7. The molecule has 0 bridgehead atoms. The maximum atomic E-state index is 12.2. The third kappa shape index (κ3) is 4.67. The highest BCUT2D eigenvalue weighted by Crippen LogP contribution is 2.24. The van der Waals surface area contributed by atoms with Gasteiger partial charge in [-0.15, -0.1) is 0 Å². The molecule has 1 heterocycles. The van der Waals surface area contributed by atoms with E-state index in [1.807, 2.05) is 0 Å². The van der Waals surface area contributed by atoms with Gasteiger partial charge in [-0.3, -0.25) is 14.6 Å². The quantitative estimate of drug-likeness (QED) is 0.792. The fourth-order valence-corrected chi connectivity index (χ4v) is 2.33. The van der Waals surface area contributed by atoms with Gasteiger partial charge < -0.3 is 15.8 Å². The first kappa shape index (κ1) is 18.2. The van der Waals surface area contributed by atoms with Gasteiger partial charge in [-0.25, -0.2) is 0 Å². The predicted octanol–water partition coefficient (Wildman–Crippen LogP) is 3.03. The van der Waals surface area contributed by atoms with E-state index in [1.165, 1.54) is 12.4 Å². The molecule has 3 N–H and O–H groups in total. The van der Waals surface area contributed by atoms with Crippen LogP contribution in [-0.2, 0) is 16.1 Å². The molecule has 0 unspecified atom stereocenters. The number of ether oxygens (including phenoxy) is 1. The second-order valence-corrected chi connectivity index (χ2v) is 5.84. The summed E-state index contributed by atoms with van der Waals surface area (Å²) in [6.07, 6.45) is 2.69. The molecule has 0 fully saturated rings. The summed E-state index contributed by atoms with van der Waals surface area (Å²) >= 11 is 11.9. The Morgan fingerprint density at radius 1 is 1.21 bits per heavy atom. The Labute approximate surface area is 148 Å². The van der Waals surface area contributed by atoms with Gasteiger partial charge in [-0.1, -0.05) is 35.3 Å². The zero-order valence-electron chi connectivity index (χ0n) is 12.8. The van der Waals surface area contributed by atoms with E-state index in [0.717, 1.165) is 5.56 Å². The fraction of sp³-hybridized carbons (Fsp3) is 0.188. The lowest BCUT2D eigenvalue weighted by atomic mass is 10.2. The summed E-state index contributed by atoms with van der Waals surface area (Å²) in [6.45, 7) is 1.66. The van der Waals surface area contributed by atoms with Gasteiger partial charge in [0.05, 0.1) is 15.6 Å². The topological polar surface area (TPSA) is 94.3 Å². The summed E-state index contributed by atoms with van der Waals surface area (Å²) in [4.78, 5) is 27.4. The molecular formula is C16H15Cl2N3O3. The first-order chi connectivity index (χ1) is 11.4. The van der Waals surface area contributed by atoms with Crippen LogP contribution in [0.1, 0.15) is 22.8 Å². The van der Waals surface area contributed by atoms with Crippen LogP contribution in [0.3, 0.4) is 0 Å². The molecule has 1 aromatic heterocycles. The Morgan fingerprint density at radius 3 is 2.33 bits per heavy atom. The molecule has 1 atom stereocenters. The summed E-state index contributed by atoms with van der Waals surface area (Å²) in [7, 11) is 0. The third-order valence-corrected chi connectivity index (χ3v) is 3.62. The fourth-order valence-electron chi connectivity index (χ4n) is 1.79. The number of carbonyl (C=O) groups is 2.